The van der Waals surface area contributed by atoms with Crippen LogP contribution < -0.4 is 0 Å². The highest BCUT2D eigenvalue weighted by molar-refractivity contribution is 5.94. The molecule has 0 aliphatic carbocycles. The fourth-order valence-corrected chi connectivity index (χ4v) is 3.20. The first kappa shape index (κ1) is 19.9. The largest absolute Gasteiger partial charge is 0.332 e. The Bertz CT molecular complexity index is 986. The average Bonchev–Trinajstić information content (AvgIpc) is 3.13. The summed E-state index contributed by atoms with van der Waals surface area (Å²) in [6.07, 6.45) is 4.61. The summed E-state index contributed by atoms with van der Waals surface area (Å²) in [6, 6.07) is 2.91. The minimum Gasteiger partial charge on any atom is -0.332 e. The van der Waals surface area contributed by atoms with Crippen LogP contribution in [0.3, 0.4) is 0 Å². The summed E-state index contributed by atoms with van der Waals surface area (Å²) in [5, 5.41) is 4.11. The zero-order valence-electron chi connectivity index (χ0n) is 16.2. The molecule has 0 bridgehead atoms. The van der Waals surface area contributed by atoms with Gasteiger partial charge in [0.2, 0.25) is 0 Å². The number of aryl methyl sites for hydroxylation is 1. The lowest BCUT2D eigenvalue weighted by Gasteiger charge is -2.25. The van der Waals surface area contributed by atoms with Crippen molar-refractivity contribution in [3.05, 3.63) is 59.3 Å². The van der Waals surface area contributed by atoms with Gasteiger partial charge in [-0.1, -0.05) is 27.2 Å². The zero-order valence-corrected chi connectivity index (χ0v) is 16.2. The van der Waals surface area contributed by atoms with Crippen LogP contribution in [0.4, 0.5) is 8.78 Å². The van der Waals surface area contributed by atoms with Gasteiger partial charge in [-0.3, -0.25) is 4.79 Å². The second-order valence-electron chi connectivity index (χ2n) is 7.15. The Morgan fingerprint density at radius 2 is 2.04 bits per heavy atom. The van der Waals surface area contributed by atoms with Gasteiger partial charge in [0.15, 0.2) is 5.65 Å². The number of carbonyl (C=O) groups excluding carboxylic acids is 1. The molecule has 0 atom stereocenters. The van der Waals surface area contributed by atoms with Crippen molar-refractivity contribution in [2.75, 3.05) is 6.54 Å². The van der Waals surface area contributed by atoms with E-state index in [-0.39, 0.29) is 18.0 Å². The van der Waals surface area contributed by atoms with Crippen LogP contribution in [0.1, 0.15) is 48.8 Å². The molecule has 2 heterocycles. The van der Waals surface area contributed by atoms with Crippen LogP contribution in [0.5, 0.6) is 0 Å². The number of halogens is 2. The number of fused-ring (bicyclic) bond motifs is 1. The van der Waals surface area contributed by atoms with Crippen molar-refractivity contribution < 1.29 is 13.6 Å². The Morgan fingerprint density at radius 1 is 1.25 bits per heavy atom. The molecular formula is C20H23F2N5O. The number of aromatic nitrogens is 4. The van der Waals surface area contributed by atoms with Crippen LogP contribution in [0, 0.1) is 17.6 Å². The molecule has 0 radical (unpaired) electrons. The van der Waals surface area contributed by atoms with Crippen LogP contribution in [0.15, 0.2) is 30.9 Å². The van der Waals surface area contributed by atoms with E-state index in [1.165, 1.54) is 11.2 Å². The van der Waals surface area contributed by atoms with Gasteiger partial charge in [-0.2, -0.15) is 5.10 Å². The molecule has 1 aromatic carbocycles. The number of hydrogen-bond donors (Lipinski definition) is 0. The van der Waals surface area contributed by atoms with Gasteiger partial charge >= 0.3 is 0 Å². The zero-order chi connectivity index (χ0) is 20.3. The van der Waals surface area contributed by atoms with Crippen LogP contribution >= 0.6 is 0 Å². The SMILES string of the molecule is CCCc1c(CN(CC(C)C)C(=O)c2cc(F)ccc2F)ncn2ncnc12. The van der Waals surface area contributed by atoms with Crippen molar-refractivity contribution in [2.45, 2.75) is 40.2 Å². The summed E-state index contributed by atoms with van der Waals surface area (Å²) in [7, 11) is 0. The first-order valence-electron chi connectivity index (χ1n) is 9.31. The van der Waals surface area contributed by atoms with Crippen molar-refractivity contribution >= 4 is 11.6 Å². The lowest BCUT2D eigenvalue weighted by atomic mass is 10.1. The van der Waals surface area contributed by atoms with E-state index in [1.807, 2.05) is 20.8 Å². The predicted octanol–water partition coefficient (Wildman–Crippen LogP) is 3.65. The number of carbonyl (C=O) groups is 1. The highest BCUT2D eigenvalue weighted by atomic mass is 19.1. The van der Waals surface area contributed by atoms with Gasteiger partial charge in [0.05, 0.1) is 17.8 Å². The summed E-state index contributed by atoms with van der Waals surface area (Å²) >= 11 is 0. The first-order chi connectivity index (χ1) is 13.4. The van der Waals surface area contributed by atoms with Gasteiger partial charge in [0.25, 0.3) is 5.91 Å². The molecule has 0 saturated heterocycles. The second kappa shape index (κ2) is 8.41. The molecule has 6 nitrogen and oxygen atoms in total. The lowest BCUT2D eigenvalue weighted by Crippen LogP contribution is -2.35. The monoisotopic (exact) mass is 387 g/mol. The molecule has 3 aromatic rings. The summed E-state index contributed by atoms with van der Waals surface area (Å²) < 4.78 is 29.4. The Morgan fingerprint density at radius 3 is 2.75 bits per heavy atom. The average molecular weight is 387 g/mol. The van der Waals surface area contributed by atoms with E-state index in [0.29, 0.717) is 17.9 Å². The van der Waals surface area contributed by atoms with Gasteiger partial charge in [0, 0.05) is 12.1 Å². The molecule has 1 amide bonds. The summed E-state index contributed by atoms with van der Waals surface area (Å²) in [4.78, 5) is 23.3. The maximum atomic E-state index is 14.2. The Hall–Kier alpha value is -2.90. The standard InChI is InChI=1S/C20H23F2N5O/c1-4-5-15-18(24-12-27-19(15)23-11-25-27)10-26(9-13(2)3)20(28)16-8-14(21)6-7-17(16)22/h6-8,11-13H,4-5,9-10H2,1-3H3. The molecule has 3 rings (SSSR count). The third-order valence-corrected chi connectivity index (χ3v) is 4.39. The Balaban J connectivity index is 1.99. The van der Waals surface area contributed by atoms with E-state index >= 15 is 0 Å². The third-order valence-electron chi connectivity index (χ3n) is 4.39. The van der Waals surface area contributed by atoms with Gasteiger partial charge in [-0.15, -0.1) is 0 Å². The second-order valence-corrected chi connectivity index (χ2v) is 7.15. The molecule has 0 aliphatic heterocycles. The predicted molar refractivity (Wildman–Crippen MR) is 101 cm³/mol. The van der Waals surface area contributed by atoms with Gasteiger partial charge < -0.3 is 4.90 Å². The highest BCUT2D eigenvalue weighted by Gasteiger charge is 2.23. The minimum absolute atomic E-state index is 0.145. The maximum Gasteiger partial charge on any atom is 0.257 e. The van der Waals surface area contributed by atoms with Gasteiger partial charge in [-0.05, 0) is 30.5 Å². The molecule has 0 unspecified atom stereocenters. The molecule has 0 fully saturated rings. The molecule has 28 heavy (non-hydrogen) atoms. The molecule has 0 spiro atoms. The van der Waals surface area contributed by atoms with Crippen molar-refractivity contribution in [3.8, 4) is 0 Å². The molecule has 148 valence electrons. The van der Waals surface area contributed by atoms with E-state index in [4.69, 9.17) is 0 Å². The van der Waals surface area contributed by atoms with Crippen molar-refractivity contribution in [1.29, 1.82) is 0 Å². The van der Waals surface area contributed by atoms with Crippen molar-refractivity contribution in [3.63, 3.8) is 0 Å². The summed E-state index contributed by atoms with van der Waals surface area (Å²) in [5.41, 5.74) is 2.01. The smallest absolute Gasteiger partial charge is 0.257 e. The molecule has 0 N–H and O–H groups in total. The van der Waals surface area contributed by atoms with E-state index in [9.17, 15) is 13.6 Å². The molecule has 0 saturated carbocycles. The third kappa shape index (κ3) is 4.16. The molecule has 0 aliphatic rings. The van der Waals surface area contributed by atoms with E-state index < -0.39 is 17.5 Å². The topological polar surface area (TPSA) is 63.4 Å². The quantitative estimate of drug-likeness (QED) is 0.621. The number of amides is 1. The summed E-state index contributed by atoms with van der Waals surface area (Å²) in [6.45, 7) is 6.54. The Labute approximate surface area is 162 Å². The lowest BCUT2D eigenvalue weighted by molar-refractivity contribution is 0.0714. The fourth-order valence-electron chi connectivity index (χ4n) is 3.20. The number of nitrogens with zero attached hydrogens (tertiary/aromatic N) is 5. The van der Waals surface area contributed by atoms with Crippen LogP contribution in [0.25, 0.3) is 5.65 Å². The number of rotatable bonds is 7. The van der Waals surface area contributed by atoms with E-state index in [0.717, 1.165) is 36.6 Å². The van der Waals surface area contributed by atoms with E-state index in [1.54, 1.807) is 10.8 Å². The molecule has 2 aromatic heterocycles. The highest BCUT2D eigenvalue weighted by Crippen LogP contribution is 2.20. The Kier molecular flexibility index (Phi) is 5.96. The molecule has 8 heteroatoms. The van der Waals surface area contributed by atoms with E-state index in [2.05, 4.69) is 15.1 Å². The van der Waals surface area contributed by atoms with Gasteiger partial charge in [0.1, 0.15) is 24.3 Å². The number of benzene rings is 1. The number of hydrogen-bond acceptors (Lipinski definition) is 4. The molecular weight excluding hydrogens is 364 g/mol. The minimum atomic E-state index is -0.741. The van der Waals surface area contributed by atoms with Crippen LogP contribution in [-0.4, -0.2) is 36.9 Å². The fraction of sp³-hybridized carbons (Fsp3) is 0.400. The van der Waals surface area contributed by atoms with Crippen LogP contribution in [-0.2, 0) is 13.0 Å². The maximum absolute atomic E-state index is 14.2. The van der Waals surface area contributed by atoms with Crippen molar-refractivity contribution in [1.82, 2.24) is 24.5 Å². The summed E-state index contributed by atoms with van der Waals surface area (Å²) in [5.74, 6) is -1.80. The normalized spacial score (nSPS) is 11.4. The van der Waals surface area contributed by atoms with Crippen molar-refractivity contribution in [2.24, 2.45) is 5.92 Å². The van der Waals surface area contributed by atoms with Crippen LogP contribution in [0.2, 0.25) is 0 Å². The van der Waals surface area contributed by atoms with Gasteiger partial charge in [-0.25, -0.2) is 23.3 Å². The first-order valence-corrected chi connectivity index (χ1v) is 9.31.